The number of amides is 1. The number of hydrogen-bond acceptors (Lipinski definition) is 4. The van der Waals surface area contributed by atoms with Crippen molar-refractivity contribution < 1.29 is 14.3 Å². The second-order valence-electron chi connectivity index (χ2n) is 5.10. The highest BCUT2D eigenvalue weighted by Crippen LogP contribution is 2.32. The third-order valence-corrected chi connectivity index (χ3v) is 4.16. The molecule has 0 bridgehead atoms. The average Bonchev–Trinajstić information content (AvgIpc) is 2.62. The Morgan fingerprint density at radius 2 is 1.79 bits per heavy atom. The van der Waals surface area contributed by atoms with Crippen LogP contribution in [-0.2, 0) is 6.42 Å². The van der Waals surface area contributed by atoms with Gasteiger partial charge in [0.25, 0.3) is 5.91 Å². The fraction of sp³-hybridized carbons (Fsp3) is 0.278. The topological polar surface area (TPSA) is 59.6 Å². The van der Waals surface area contributed by atoms with Gasteiger partial charge in [-0.15, -0.1) is 0 Å². The van der Waals surface area contributed by atoms with E-state index in [1.165, 1.54) is 0 Å². The Bertz CT molecular complexity index is 677. The quantitative estimate of drug-likeness (QED) is 0.535. The molecule has 0 atom stereocenters. The summed E-state index contributed by atoms with van der Waals surface area (Å²) >= 11 is 3.45. The van der Waals surface area contributed by atoms with E-state index in [1.54, 1.807) is 26.4 Å². The summed E-state index contributed by atoms with van der Waals surface area (Å²) in [6, 6.07) is 13.0. The van der Waals surface area contributed by atoms with E-state index in [1.807, 2.05) is 30.3 Å². The first kappa shape index (κ1) is 18.3. The lowest BCUT2D eigenvalue weighted by Crippen LogP contribution is -2.34. The average molecular weight is 393 g/mol. The zero-order valence-corrected chi connectivity index (χ0v) is 15.4. The summed E-state index contributed by atoms with van der Waals surface area (Å²) in [5, 5.41) is 6.03. The van der Waals surface area contributed by atoms with Gasteiger partial charge in [0.2, 0.25) is 0 Å². The van der Waals surface area contributed by atoms with Crippen molar-refractivity contribution in [3.8, 4) is 11.5 Å². The monoisotopic (exact) mass is 392 g/mol. The molecule has 1 amide bonds. The normalized spacial score (nSPS) is 10.3. The third kappa shape index (κ3) is 4.97. The van der Waals surface area contributed by atoms with Crippen molar-refractivity contribution in [2.75, 3.05) is 27.4 Å². The molecule has 0 unspecified atom stereocenters. The lowest BCUT2D eigenvalue weighted by molar-refractivity contribution is 0.0950. The van der Waals surface area contributed by atoms with Crippen molar-refractivity contribution in [1.29, 1.82) is 0 Å². The van der Waals surface area contributed by atoms with Gasteiger partial charge in [0.1, 0.15) is 11.5 Å². The molecule has 0 aliphatic heterocycles. The van der Waals surface area contributed by atoms with Crippen LogP contribution in [0.1, 0.15) is 15.9 Å². The fourth-order valence-corrected chi connectivity index (χ4v) is 2.75. The van der Waals surface area contributed by atoms with Crippen LogP contribution < -0.4 is 20.1 Å². The lowest BCUT2D eigenvalue weighted by Gasteiger charge is -2.13. The van der Waals surface area contributed by atoms with Crippen LogP contribution in [0.2, 0.25) is 0 Å². The summed E-state index contributed by atoms with van der Waals surface area (Å²) in [7, 11) is 3.28. The van der Waals surface area contributed by atoms with Crippen molar-refractivity contribution in [3.05, 3.63) is 58.1 Å². The van der Waals surface area contributed by atoms with Crippen LogP contribution in [-0.4, -0.2) is 33.3 Å². The van der Waals surface area contributed by atoms with Gasteiger partial charge in [-0.3, -0.25) is 10.1 Å². The van der Waals surface area contributed by atoms with Gasteiger partial charge in [-0.25, -0.2) is 0 Å². The number of carbonyl (C=O) groups excluding carboxylic acids is 1. The molecular formula is C18H21BrN2O3. The number of benzene rings is 2. The van der Waals surface area contributed by atoms with Crippen LogP contribution in [0.5, 0.6) is 11.5 Å². The van der Waals surface area contributed by atoms with Gasteiger partial charge >= 0.3 is 0 Å². The van der Waals surface area contributed by atoms with Crippen LogP contribution in [0.3, 0.4) is 0 Å². The number of hydrogen-bond donors (Lipinski definition) is 2. The highest BCUT2D eigenvalue weighted by Gasteiger charge is 2.09. The Kier molecular flexibility index (Phi) is 7.08. The first-order valence-corrected chi connectivity index (χ1v) is 8.39. The lowest BCUT2D eigenvalue weighted by atomic mass is 10.1. The maximum atomic E-state index is 11.9. The van der Waals surface area contributed by atoms with E-state index in [-0.39, 0.29) is 5.91 Å². The zero-order chi connectivity index (χ0) is 17.4. The molecule has 2 rings (SSSR count). The molecule has 24 heavy (non-hydrogen) atoms. The highest BCUT2D eigenvalue weighted by molar-refractivity contribution is 9.10. The number of halogens is 1. The van der Waals surface area contributed by atoms with Gasteiger partial charge in [-0.05, 0) is 52.2 Å². The standard InChI is InChI=1S/C18H21BrN2O3/c1-23-16-11-15(19)17(24-2)10-14(16)8-9-20-12-21-18(22)13-6-4-3-5-7-13/h3-7,10-11,20H,8-9,12H2,1-2H3,(H,21,22). The van der Waals surface area contributed by atoms with Crippen molar-refractivity contribution in [3.63, 3.8) is 0 Å². The second kappa shape index (κ2) is 9.30. The minimum Gasteiger partial charge on any atom is -0.496 e. The summed E-state index contributed by atoms with van der Waals surface area (Å²) in [4.78, 5) is 11.9. The van der Waals surface area contributed by atoms with E-state index < -0.39 is 0 Å². The van der Waals surface area contributed by atoms with Crippen LogP contribution in [0.25, 0.3) is 0 Å². The third-order valence-electron chi connectivity index (χ3n) is 3.54. The van der Waals surface area contributed by atoms with Gasteiger partial charge in [-0.2, -0.15) is 0 Å². The number of rotatable bonds is 8. The Hall–Kier alpha value is -2.05. The molecule has 5 nitrogen and oxygen atoms in total. The molecular weight excluding hydrogens is 372 g/mol. The van der Waals surface area contributed by atoms with Gasteiger partial charge < -0.3 is 14.8 Å². The van der Waals surface area contributed by atoms with E-state index in [9.17, 15) is 4.79 Å². The van der Waals surface area contributed by atoms with Gasteiger partial charge in [0.05, 0.1) is 25.4 Å². The molecule has 0 aromatic heterocycles. The Morgan fingerprint density at radius 3 is 2.46 bits per heavy atom. The van der Waals surface area contributed by atoms with Crippen LogP contribution in [0.4, 0.5) is 0 Å². The number of methoxy groups -OCH3 is 2. The van der Waals surface area contributed by atoms with E-state index in [2.05, 4.69) is 26.6 Å². The molecule has 0 saturated carbocycles. The zero-order valence-electron chi connectivity index (χ0n) is 13.8. The highest BCUT2D eigenvalue weighted by atomic mass is 79.9. The SMILES string of the molecule is COc1cc(CCNCNC(=O)c2ccccc2)c(OC)cc1Br. The first-order chi connectivity index (χ1) is 11.7. The van der Waals surface area contributed by atoms with Gasteiger partial charge in [-0.1, -0.05) is 18.2 Å². The molecule has 0 aliphatic rings. The molecule has 0 fully saturated rings. The van der Waals surface area contributed by atoms with Gasteiger partial charge in [0.15, 0.2) is 0 Å². The summed E-state index contributed by atoms with van der Waals surface area (Å²) in [6.07, 6.45) is 0.758. The summed E-state index contributed by atoms with van der Waals surface area (Å²) in [5.41, 5.74) is 1.69. The van der Waals surface area contributed by atoms with E-state index in [0.717, 1.165) is 28.0 Å². The molecule has 0 heterocycles. The number of carbonyl (C=O) groups is 1. The van der Waals surface area contributed by atoms with Crippen molar-refractivity contribution in [1.82, 2.24) is 10.6 Å². The first-order valence-electron chi connectivity index (χ1n) is 7.60. The predicted molar refractivity (Wildman–Crippen MR) is 97.7 cm³/mol. The predicted octanol–water partition coefficient (Wildman–Crippen LogP) is 2.99. The van der Waals surface area contributed by atoms with Crippen molar-refractivity contribution in [2.24, 2.45) is 0 Å². The van der Waals surface area contributed by atoms with E-state index in [4.69, 9.17) is 9.47 Å². The van der Waals surface area contributed by atoms with Crippen LogP contribution >= 0.6 is 15.9 Å². The van der Waals surface area contributed by atoms with Crippen LogP contribution in [0.15, 0.2) is 46.9 Å². The molecule has 0 aliphatic carbocycles. The smallest absolute Gasteiger partial charge is 0.252 e. The molecule has 2 aromatic rings. The molecule has 0 spiro atoms. The summed E-state index contributed by atoms with van der Waals surface area (Å²) < 4.78 is 11.6. The molecule has 128 valence electrons. The molecule has 0 radical (unpaired) electrons. The van der Waals surface area contributed by atoms with Crippen LogP contribution in [0, 0.1) is 0 Å². The van der Waals surface area contributed by atoms with Gasteiger partial charge in [0, 0.05) is 12.1 Å². The molecule has 0 saturated heterocycles. The number of ether oxygens (including phenoxy) is 2. The van der Waals surface area contributed by atoms with Crippen molar-refractivity contribution >= 4 is 21.8 Å². The van der Waals surface area contributed by atoms with E-state index >= 15 is 0 Å². The Balaban J connectivity index is 1.81. The Labute approximate surface area is 150 Å². The second-order valence-corrected chi connectivity index (χ2v) is 5.95. The largest absolute Gasteiger partial charge is 0.496 e. The molecule has 2 N–H and O–H groups in total. The van der Waals surface area contributed by atoms with E-state index in [0.29, 0.717) is 18.8 Å². The van der Waals surface area contributed by atoms with Crippen molar-refractivity contribution in [2.45, 2.75) is 6.42 Å². The minimum absolute atomic E-state index is 0.0917. The minimum atomic E-state index is -0.0917. The Morgan fingerprint density at radius 1 is 1.08 bits per heavy atom. The summed E-state index contributed by atoms with van der Waals surface area (Å²) in [5.74, 6) is 1.48. The molecule has 6 heteroatoms. The fourth-order valence-electron chi connectivity index (χ4n) is 2.26. The molecule has 2 aromatic carbocycles. The maximum Gasteiger partial charge on any atom is 0.252 e. The number of nitrogens with one attached hydrogen (secondary N) is 2. The maximum absolute atomic E-state index is 11.9. The summed E-state index contributed by atoms with van der Waals surface area (Å²) in [6.45, 7) is 1.11.